The van der Waals surface area contributed by atoms with E-state index in [0.29, 0.717) is 16.8 Å². The van der Waals surface area contributed by atoms with Crippen molar-refractivity contribution in [2.24, 2.45) is 0 Å². The highest BCUT2D eigenvalue weighted by Gasteiger charge is 2.38. The molecule has 0 aliphatic carbocycles. The van der Waals surface area contributed by atoms with Gasteiger partial charge in [-0.25, -0.2) is 14.5 Å². The zero-order valence-electron chi connectivity index (χ0n) is 17.5. The fourth-order valence-corrected chi connectivity index (χ4v) is 3.92. The van der Waals surface area contributed by atoms with E-state index in [1.807, 2.05) is 6.92 Å². The number of anilines is 1. The van der Waals surface area contributed by atoms with Crippen LogP contribution in [0.1, 0.15) is 27.2 Å². The minimum atomic E-state index is -1.11. The van der Waals surface area contributed by atoms with Crippen molar-refractivity contribution < 1.29 is 28.7 Å². The lowest BCUT2D eigenvalue weighted by atomic mass is 10.0. The van der Waals surface area contributed by atoms with E-state index in [1.165, 1.54) is 18.2 Å². The van der Waals surface area contributed by atoms with Crippen molar-refractivity contribution >= 4 is 51.5 Å². The van der Waals surface area contributed by atoms with Gasteiger partial charge in [-0.15, -0.1) is 0 Å². The number of carbonyl (C=O) groups excluding carboxylic acids is 3. The van der Waals surface area contributed by atoms with E-state index in [2.05, 4.69) is 21.2 Å². The summed E-state index contributed by atoms with van der Waals surface area (Å²) in [6, 6.07) is 11.9. The van der Waals surface area contributed by atoms with E-state index in [9.17, 15) is 24.3 Å². The summed E-state index contributed by atoms with van der Waals surface area (Å²) in [7, 11) is 0. The number of benzene rings is 2. The SMILES string of the molecule is Cc1c(Br)ccc(N2C(=O)NC(=O)C(=Cc3ccc(-c4ccccc4C(=O)O)o3)C2=O)c1C. The average Bonchev–Trinajstić information content (AvgIpc) is 3.25. The van der Waals surface area contributed by atoms with Gasteiger partial charge < -0.3 is 9.52 Å². The molecule has 9 heteroatoms. The number of carboxylic acid groups (broad SMARTS) is 1. The van der Waals surface area contributed by atoms with Crippen molar-refractivity contribution in [1.29, 1.82) is 0 Å². The first kappa shape index (κ1) is 22.2. The van der Waals surface area contributed by atoms with Crippen molar-refractivity contribution in [3.05, 3.63) is 81.0 Å². The van der Waals surface area contributed by atoms with E-state index in [4.69, 9.17) is 4.42 Å². The minimum Gasteiger partial charge on any atom is -0.478 e. The Morgan fingerprint density at radius 2 is 1.76 bits per heavy atom. The van der Waals surface area contributed by atoms with Gasteiger partial charge in [0.25, 0.3) is 11.8 Å². The summed E-state index contributed by atoms with van der Waals surface area (Å²) in [5, 5.41) is 11.6. The number of amides is 4. The fourth-order valence-electron chi connectivity index (χ4n) is 3.49. The molecule has 0 bridgehead atoms. The third kappa shape index (κ3) is 3.98. The molecule has 1 aliphatic rings. The summed E-state index contributed by atoms with van der Waals surface area (Å²) in [5.41, 5.74) is 2.02. The second kappa shape index (κ2) is 8.51. The summed E-state index contributed by atoms with van der Waals surface area (Å²) in [4.78, 5) is 50.5. The molecule has 0 spiro atoms. The van der Waals surface area contributed by atoms with Gasteiger partial charge in [-0.1, -0.05) is 34.1 Å². The molecule has 2 heterocycles. The number of nitrogens with zero attached hydrogens (tertiary/aromatic N) is 1. The lowest BCUT2D eigenvalue weighted by molar-refractivity contribution is -0.122. The van der Waals surface area contributed by atoms with Crippen LogP contribution in [0.25, 0.3) is 17.4 Å². The first-order valence-electron chi connectivity index (χ1n) is 9.78. The van der Waals surface area contributed by atoms with Gasteiger partial charge in [0.1, 0.15) is 17.1 Å². The van der Waals surface area contributed by atoms with Crippen molar-refractivity contribution in [2.75, 3.05) is 4.90 Å². The summed E-state index contributed by atoms with van der Waals surface area (Å²) in [6.07, 6.45) is 1.23. The number of hydrogen-bond acceptors (Lipinski definition) is 5. The normalized spacial score (nSPS) is 15.2. The molecule has 33 heavy (non-hydrogen) atoms. The molecule has 0 atom stereocenters. The molecule has 1 fully saturated rings. The van der Waals surface area contributed by atoms with Gasteiger partial charge in [-0.2, -0.15) is 0 Å². The van der Waals surface area contributed by atoms with Crippen LogP contribution in [0.2, 0.25) is 0 Å². The van der Waals surface area contributed by atoms with Gasteiger partial charge in [0.2, 0.25) is 0 Å². The predicted octanol–water partition coefficient (Wildman–Crippen LogP) is 4.69. The van der Waals surface area contributed by atoms with Crippen molar-refractivity contribution in [1.82, 2.24) is 5.32 Å². The smallest absolute Gasteiger partial charge is 0.336 e. The zero-order valence-corrected chi connectivity index (χ0v) is 19.1. The van der Waals surface area contributed by atoms with Gasteiger partial charge in [-0.3, -0.25) is 14.9 Å². The van der Waals surface area contributed by atoms with Gasteiger partial charge >= 0.3 is 12.0 Å². The number of carbonyl (C=O) groups is 4. The highest BCUT2D eigenvalue weighted by Crippen LogP contribution is 2.32. The zero-order chi connectivity index (χ0) is 23.9. The van der Waals surface area contributed by atoms with Gasteiger partial charge in [-0.05, 0) is 61.4 Å². The summed E-state index contributed by atoms with van der Waals surface area (Å²) < 4.78 is 6.53. The Balaban J connectivity index is 1.73. The molecule has 1 aliphatic heterocycles. The maximum atomic E-state index is 13.2. The number of urea groups is 1. The van der Waals surface area contributed by atoms with Crippen LogP contribution in [0, 0.1) is 13.8 Å². The van der Waals surface area contributed by atoms with E-state index >= 15 is 0 Å². The maximum absolute atomic E-state index is 13.2. The number of halogens is 1. The number of hydrogen-bond donors (Lipinski definition) is 2. The molecule has 4 rings (SSSR count). The molecule has 1 aromatic heterocycles. The molecule has 2 aromatic carbocycles. The number of carboxylic acids is 1. The topological polar surface area (TPSA) is 117 Å². The number of imide groups is 2. The molecular formula is C24H17BrN2O6. The van der Waals surface area contributed by atoms with Crippen molar-refractivity contribution in [3.63, 3.8) is 0 Å². The van der Waals surface area contributed by atoms with Crippen molar-refractivity contribution in [3.8, 4) is 11.3 Å². The molecule has 0 saturated carbocycles. The van der Waals surface area contributed by atoms with Crippen LogP contribution in [0.5, 0.6) is 0 Å². The Hall–Kier alpha value is -3.98. The van der Waals surface area contributed by atoms with Crippen molar-refractivity contribution in [2.45, 2.75) is 13.8 Å². The van der Waals surface area contributed by atoms with E-state index in [-0.39, 0.29) is 22.7 Å². The Morgan fingerprint density at radius 1 is 1.03 bits per heavy atom. The number of barbiturate groups is 1. The van der Waals surface area contributed by atoms with Crippen LogP contribution in [0.4, 0.5) is 10.5 Å². The Kier molecular flexibility index (Phi) is 5.73. The fraction of sp³-hybridized carbons (Fsp3) is 0.0833. The second-order valence-electron chi connectivity index (χ2n) is 7.33. The minimum absolute atomic E-state index is 0.0513. The van der Waals surface area contributed by atoms with Crippen LogP contribution in [-0.4, -0.2) is 28.9 Å². The molecule has 0 radical (unpaired) electrons. The summed E-state index contributed by atoms with van der Waals surface area (Å²) in [6.45, 7) is 3.62. The monoisotopic (exact) mass is 508 g/mol. The Labute approximate surface area is 196 Å². The van der Waals surface area contributed by atoms with E-state index in [1.54, 1.807) is 43.3 Å². The van der Waals surface area contributed by atoms with Gasteiger partial charge in [0, 0.05) is 10.0 Å². The van der Waals surface area contributed by atoms with Gasteiger partial charge in [0.05, 0.1) is 11.3 Å². The van der Waals surface area contributed by atoms with Crippen LogP contribution >= 0.6 is 15.9 Å². The maximum Gasteiger partial charge on any atom is 0.336 e. The largest absolute Gasteiger partial charge is 0.478 e. The highest BCUT2D eigenvalue weighted by atomic mass is 79.9. The lowest BCUT2D eigenvalue weighted by Crippen LogP contribution is -2.54. The molecule has 8 nitrogen and oxygen atoms in total. The molecule has 3 aromatic rings. The Morgan fingerprint density at radius 3 is 2.48 bits per heavy atom. The first-order chi connectivity index (χ1) is 15.7. The predicted molar refractivity (Wildman–Crippen MR) is 124 cm³/mol. The van der Waals surface area contributed by atoms with Gasteiger partial charge in [0.15, 0.2) is 0 Å². The van der Waals surface area contributed by atoms with E-state index in [0.717, 1.165) is 14.9 Å². The molecular weight excluding hydrogens is 492 g/mol. The van der Waals surface area contributed by atoms with Crippen LogP contribution in [0.3, 0.4) is 0 Å². The molecule has 2 N–H and O–H groups in total. The third-order valence-electron chi connectivity index (χ3n) is 5.37. The van der Waals surface area contributed by atoms with Crippen LogP contribution in [0.15, 0.2) is 63.0 Å². The first-order valence-corrected chi connectivity index (χ1v) is 10.6. The second-order valence-corrected chi connectivity index (χ2v) is 8.18. The lowest BCUT2D eigenvalue weighted by Gasteiger charge is -2.28. The highest BCUT2D eigenvalue weighted by molar-refractivity contribution is 9.10. The molecule has 4 amide bonds. The molecule has 0 unspecified atom stereocenters. The average molecular weight is 509 g/mol. The summed E-state index contributed by atoms with van der Waals surface area (Å²) in [5.74, 6) is -2.34. The van der Waals surface area contributed by atoms with E-state index < -0.39 is 23.8 Å². The number of rotatable bonds is 4. The molecule has 166 valence electrons. The number of furan rings is 1. The number of nitrogens with one attached hydrogen (secondary N) is 1. The standard InChI is InChI=1S/C24H17BrN2O6/c1-12-13(2)19(9-8-18(12)25)27-22(29)17(21(28)26-24(27)32)11-14-7-10-20(33-14)15-5-3-4-6-16(15)23(30)31/h3-11H,1-2H3,(H,30,31)(H,26,28,32). The third-order valence-corrected chi connectivity index (χ3v) is 6.23. The van der Waals surface area contributed by atoms with Crippen LogP contribution in [-0.2, 0) is 9.59 Å². The Bertz CT molecular complexity index is 1370. The summed E-state index contributed by atoms with van der Waals surface area (Å²) >= 11 is 3.42. The number of aromatic carboxylic acids is 1. The molecule has 1 saturated heterocycles. The van der Waals surface area contributed by atoms with Crippen LogP contribution < -0.4 is 10.2 Å². The quantitative estimate of drug-likeness (QED) is 0.389.